The summed E-state index contributed by atoms with van der Waals surface area (Å²) in [6.45, 7) is 0. The van der Waals surface area contributed by atoms with Crippen molar-refractivity contribution in [3.63, 3.8) is 0 Å². The molecule has 0 unspecified atom stereocenters. The van der Waals surface area contributed by atoms with Crippen LogP contribution < -0.4 is 5.73 Å². The molecule has 15 heavy (non-hydrogen) atoms. The van der Waals surface area contributed by atoms with Gasteiger partial charge in [-0.25, -0.2) is 9.78 Å². The van der Waals surface area contributed by atoms with E-state index in [0.717, 1.165) is 8.27 Å². The highest BCUT2D eigenvalue weighted by molar-refractivity contribution is 14.1. The number of aromatic carboxylic acids is 1. The van der Waals surface area contributed by atoms with Crippen LogP contribution in [0, 0.1) is 2.88 Å². The van der Waals surface area contributed by atoms with Gasteiger partial charge < -0.3 is 10.8 Å². The third-order valence-corrected chi connectivity index (χ3v) is 3.71. The first-order valence-electron chi connectivity index (χ1n) is 3.66. The molecule has 0 fully saturated rings. The monoisotopic (exact) mass is 356 g/mol. The Labute approximate surface area is 109 Å². The van der Waals surface area contributed by atoms with Gasteiger partial charge >= 0.3 is 5.97 Å². The number of carboxylic acid groups (broad SMARTS) is 1. The fourth-order valence-corrected chi connectivity index (χ4v) is 3.03. The van der Waals surface area contributed by atoms with E-state index in [-0.39, 0.29) is 18.0 Å². The lowest BCUT2D eigenvalue weighted by Crippen LogP contribution is -1.99. The summed E-state index contributed by atoms with van der Waals surface area (Å²) in [5.41, 5.74) is 5.85. The summed E-state index contributed by atoms with van der Waals surface area (Å²) in [5.74, 6) is -0.593. The van der Waals surface area contributed by atoms with E-state index in [1.54, 1.807) is 0 Å². The van der Waals surface area contributed by atoms with Crippen molar-refractivity contribution >= 4 is 68.2 Å². The molecule has 0 saturated heterocycles. The highest BCUT2D eigenvalue weighted by atomic mass is 127. The zero-order valence-electron chi connectivity index (χ0n) is 7.23. The van der Waals surface area contributed by atoms with Crippen LogP contribution in [0.25, 0.3) is 10.1 Å². The number of fused-ring (bicyclic) bond motifs is 1. The summed E-state index contributed by atoms with van der Waals surface area (Å²) in [5, 5.41) is 9.63. The maximum absolute atomic E-state index is 10.9. The minimum atomic E-state index is -0.972. The molecule has 0 radical (unpaired) electrons. The van der Waals surface area contributed by atoms with Gasteiger partial charge in [-0.2, -0.15) is 0 Å². The SMILES string of the molecule is Cl.Nc1ncc(C(=O)O)c2sc(I)cc12. The average Bonchev–Trinajstić information content (AvgIpc) is 2.47. The van der Waals surface area contributed by atoms with Gasteiger partial charge in [-0.1, -0.05) is 0 Å². The summed E-state index contributed by atoms with van der Waals surface area (Å²) >= 11 is 3.54. The minimum absolute atomic E-state index is 0. The molecule has 0 amide bonds. The Morgan fingerprint density at radius 2 is 2.27 bits per heavy atom. The van der Waals surface area contributed by atoms with Gasteiger partial charge in [-0.05, 0) is 28.7 Å². The van der Waals surface area contributed by atoms with E-state index in [2.05, 4.69) is 27.6 Å². The summed E-state index contributed by atoms with van der Waals surface area (Å²) in [6.07, 6.45) is 1.30. The second-order valence-electron chi connectivity index (χ2n) is 2.66. The number of hydrogen-bond donors (Lipinski definition) is 2. The van der Waals surface area contributed by atoms with Crippen LogP contribution in [0.1, 0.15) is 10.4 Å². The molecule has 0 saturated carbocycles. The topological polar surface area (TPSA) is 76.2 Å². The number of thiophene rings is 1. The number of hydrogen-bond acceptors (Lipinski definition) is 4. The van der Waals surface area contributed by atoms with Crippen LogP contribution in [0.3, 0.4) is 0 Å². The number of carbonyl (C=O) groups is 1. The van der Waals surface area contributed by atoms with Crippen LogP contribution in [0.2, 0.25) is 0 Å². The molecule has 2 heterocycles. The predicted molar refractivity (Wildman–Crippen MR) is 71.0 cm³/mol. The largest absolute Gasteiger partial charge is 0.478 e. The predicted octanol–water partition coefficient (Wildman–Crippen LogP) is 2.60. The number of carboxylic acids is 1. The van der Waals surface area contributed by atoms with Crippen molar-refractivity contribution in [1.82, 2.24) is 4.98 Å². The molecule has 0 aliphatic carbocycles. The van der Waals surface area contributed by atoms with E-state index < -0.39 is 5.97 Å². The van der Waals surface area contributed by atoms with Crippen LogP contribution >= 0.6 is 46.3 Å². The van der Waals surface area contributed by atoms with Crippen LogP contribution in [-0.4, -0.2) is 16.1 Å². The van der Waals surface area contributed by atoms with Crippen molar-refractivity contribution in [2.24, 2.45) is 0 Å². The molecule has 0 spiro atoms. The molecule has 0 aliphatic rings. The normalized spacial score (nSPS) is 9.93. The van der Waals surface area contributed by atoms with Crippen molar-refractivity contribution in [3.8, 4) is 0 Å². The lowest BCUT2D eigenvalue weighted by molar-refractivity contribution is 0.0699. The molecule has 2 aromatic heterocycles. The van der Waals surface area contributed by atoms with Gasteiger partial charge in [0.15, 0.2) is 0 Å². The first-order valence-corrected chi connectivity index (χ1v) is 5.56. The number of pyridine rings is 1. The minimum Gasteiger partial charge on any atom is -0.478 e. The first kappa shape index (κ1) is 12.5. The summed E-state index contributed by atoms with van der Waals surface area (Å²) in [4.78, 5) is 14.7. The highest BCUT2D eigenvalue weighted by Crippen LogP contribution is 2.32. The molecule has 7 heteroatoms. The van der Waals surface area contributed by atoms with Crippen LogP contribution in [0.15, 0.2) is 12.3 Å². The Balaban J connectivity index is 0.00000112. The van der Waals surface area contributed by atoms with Crippen LogP contribution in [0.4, 0.5) is 5.82 Å². The van der Waals surface area contributed by atoms with Gasteiger partial charge in [-0.3, -0.25) is 0 Å². The number of halogens is 2. The molecule has 3 N–H and O–H groups in total. The second-order valence-corrected chi connectivity index (χ2v) is 5.60. The Kier molecular flexibility index (Phi) is 3.74. The van der Waals surface area contributed by atoms with E-state index in [1.807, 2.05) is 6.07 Å². The van der Waals surface area contributed by atoms with E-state index >= 15 is 0 Å². The van der Waals surface area contributed by atoms with Crippen molar-refractivity contribution in [1.29, 1.82) is 0 Å². The number of anilines is 1. The average molecular weight is 357 g/mol. The van der Waals surface area contributed by atoms with Gasteiger partial charge in [-0.15, -0.1) is 23.7 Å². The fourth-order valence-electron chi connectivity index (χ4n) is 1.17. The van der Waals surface area contributed by atoms with Crippen LogP contribution in [0.5, 0.6) is 0 Å². The number of nitrogen functional groups attached to an aromatic ring is 1. The summed E-state index contributed by atoms with van der Waals surface area (Å²) in [6, 6.07) is 1.84. The zero-order chi connectivity index (χ0) is 10.3. The van der Waals surface area contributed by atoms with Gasteiger partial charge in [0.2, 0.25) is 0 Å². The Hall–Kier alpha value is -0.600. The second kappa shape index (κ2) is 4.50. The Bertz CT molecular complexity index is 529. The third-order valence-electron chi connectivity index (χ3n) is 1.79. The smallest absolute Gasteiger partial charge is 0.338 e. The molecule has 4 nitrogen and oxygen atoms in total. The molecule has 0 aliphatic heterocycles. The van der Waals surface area contributed by atoms with Gasteiger partial charge in [0, 0.05) is 11.6 Å². The molecular formula is C8H6ClIN2O2S. The lowest BCUT2D eigenvalue weighted by Gasteiger charge is -1.98. The van der Waals surface area contributed by atoms with E-state index in [0.29, 0.717) is 10.5 Å². The molecule has 80 valence electrons. The molecule has 2 rings (SSSR count). The maximum Gasteiger partial charge on any atom is 0.338 e. The standard InChI is InChI=1S/C8H5IN2O2S.ClH/c9-5-1-3-6(14-5)4(8(12)13)2-11-7(3)10;/h1-2H,(H2,10,11)(H,12,13);1H. The highest BCUT2D eigenvalue weighted by Gasteiger charge is 2.13. The van der Waals surface area contributed by atoms with E-state index in [4.69, 9.17) is 10.8 Å². The number of aromatic nitrogens is 1. The maximum atomic E-state index is 10.9. The Morgan fingerprint density at radius 1 is 1.60 bits per heavy atom. The summed E-state index contributed by atoms with van der Waals surface area (Å²) in [7, 11) is 0. The van der Waals surface area contributed by atoms with Gasteiger partial charge in [0.1, 0.15) is 5.82 Å². The zero-order valence-corrected chi connectivity index (χ0v) is 11.0. The third kappa shape index (κ3) is 2.16. The quantitative estimate of drug-likeness (QED) is 0.770. The molecule has 0 bridgehead atoms. The van der Waals surface area contributed by atoms with Crippen molar-refractivity contribution in [3.05, 3.63) is 20.7 Å². The van der Waals surface area contributed by atoms with Crippen molar-refractivity contribution in [2.45, 2.75) is 0 Å². The van der Waals surface area contributed by atoms with Gasteiger partial charge in [0.25, 0.3) is 0 Å². The van der Waals surface area contributed by atoms with Gasteiger partial charge in [0.05, 0.1) is 13.1 Å². The molecule has 0 aromatic carbocycles. The number of nitrogens with two attached hydrogens (primary N) is 1. The van der Waals surface area contributed by atoms with Crippen molar-refractivity contribution in [2.75, 3.05) is 5.73 Å². The van der Waals surface area contributed by atoms with E-state index in [1.165, 1.54) is 17.5 Å². The molecular weight excluding hydrogens is 351 g/mol. The molecule has 0 atom stereocenters. The number of rotatable bonds is 1. The Morgan fingerprint density at radius 3 is 2.87 bits per heavy atom. The lowest BCUT2D eigenvalue weighted by atomic mass is 10.2. The van der Waals surface area contributed by atoms with E-state index in [9.17, 15) is 4.79 Å². The first-order chi connectivity index (χ1) is 6.59. The molecule has 2 aromatic rings. The van der Waals surface area contributed by atoms with Crippen LogP contribution in [-0.2, 0) is 0 Å². The van der Waals surface area contributed by atoms with Crippen molar-refractivity contribution < 1.29 is 9.90 Å². The number of nitrogens with zero attached hydrogens (tertiary/aromatic N) is 1. The fraction of sp³-hybridized carbons (Fsp3) is 0. The summed E-state index contributed by atoms with van der Waals surface area (Å²) < 4.78 is 1.69.